The summed E-state index contributed by atoms with van der Waals surface area (Å²) in [6.45, 7) is 4.19. The molecular formula is C19H19N5O2. The molecule has 0 atom stereocenters. The summed E-state index contributed by atoms with van der Waals surface area (Å²) in [4.78, 5) is 37.7. The second-order valence-electron chi connectivity index (χ2n) is 5.99. The lowest BCUT2D eigenvalue weighted by Gasteiger charge is -2.11. The highest BCUT2D eigenvalue weighted by atomic mass is 16.2. The fraction of sp³-hybridized carbons (Fsp3) is 0.211. The Morgan fingerprint density at radius 1 is 1.12 bits per heavy atom. The molecule has 26 heavy (non-hydrogen) atoms. The summed E-state index contributed by atoms with van der Waals surface area (Å²) >= 11 is 0. The van der Waals surface area contributed by atoms with Gasteiger partial charge in [-0.2, -0.15) is 0 Å². The highest BCUT2D eigenvalue weighted by Gasteiger charge is 2.16. The number of amides is 1. The molecule has 0 aromatic carbocycles. The van der Waals surface area contributed by atoms with Crippen molar-refractivity contribution in [2.75, 3.05) is 0 Å². The number of nitrogens with one attached hydrogen (secondary N) is 1. The second-order valence-corrected chi connectivity index (χ2v) is 5.99. The minimum absolute atomic E-state index is 0.140. The molecule has 0 saturated heterocycles. The van der Waals surface area contributed by atoms with Crippen LogP contribution in [0.5, 0.6) is 0 Å². The Morgan fingerprint density at radius 2 is 1.88 bits per heavy atom. The lowest BCUT2D eigenvalue weighted by molar-refractivity contribution is 0.0948. The molecule has 0 aliphatic heterocycles. The Balaban J connectivity index is 1.81. The van der Waals surface area contributed by atoms with Gasteiger partial charge >= 0.3 is 0 Å². The van der Waals surface area contributed by atoms with Crippen molar-refractivity contribution < 1.29 is 4.79 Å². The van der Waals surface area contributed by atoms with Gasteiger partial charge in [0.1, 0.15) is 5.56 Å². The van der Waals surface area contributed by atoms with Crippen LogP contribution in [0.15, 0.2) is 54.0 Å². The first-order valence-electron chi connectivity index (χ1n) is 8.19. The van der Waals surface area contributed by atoms with Crippen molar-refractivity contribution in [2.24, 2.45) is 0 Å². The van der Waals surface area contributed by atoms with E-state index in [1.165, 1.54) is 4.57 Å². The minimum atomic E-state index is -0.395. The van der Waals surface area contributed by atoms with E-state index in [1.54, 1.807) is 44.0 Å². The molecule has 0 spiro atoms. The highest BCUT2D eigenvalue weighted by Crippen LogP contribution is 2.05. The first-order valence-corrected chi connectivity index (χ1v) is 8.19. The van der Waals surface area contributed by atoms with Gasteiger partial charge in [-0.15, -0.1) is 0 Å². The molecule has 7 heteroatoms. The number of nitrogens with zero attached hydrogens (tertiary/aromatic N) is 4. The number of hydrogen-bond donors (Lipinski definition) is 1. The van der Waals surface area contributed by atoms with E-state index in [1.807, 2.05) is 19.1 Å². The minimum Gasteiger partial charge on any atom is -0.348 e. The summed E-state index contributed by atoms with van der Waals surface area (Å²) in [7, 11) is 0. The molecule has 132 valence electrons. The third-order valence-corrected chi connectivity index (χ3v) is 3.97. The van der Waals surface area contributed by atoms with Crippen molar-refractivity contribution in [3.05, 3.63) is 87.6 Å². The molecule has 0 aliphatic rings. The van der Waals surface area contributed by atoms with E-state index in [4.69, 9.17) is 0 Å². The quantitative estimate of drug-likeness (QED) is 0.756. The molecule has 3 aromatic rings. The second kappa shape index (κ2) is 7.69. The lowest BCUT2D eigenvalue weighted by atomic mass is 10.1. The monoisotopic (exact) mass is 349 g/mol. The molecule has 7 nitrogen and oxygen atoms in total. The van der Waals surface area contributed by atoms with Crippen molar-refractivity contribution in [1.82, 2.24) is 24.8 Å². The number of carbonyl (C=O) groups excluding carboxylic acids is 1. The van der Waals surface area contributed by atoms with Crippen molar-refractivity contribution in [3.8, 4) is 0 Å². The van der Waals surface area contributed by atoms with Crippen LogP contribution < -0.4 is 10.9 Å². The molecule has 3 heterocycles. The van der Waals surface area contributed by atoms with Crippen molar-refractivity contribution in [3.63, 3.8) is 0 Å². The van der Waals surface area contributed by atoms with Gasteiger partial charge in [-0.25, -0.2) is 0 Å². The smallest absolute Gasteiger partial charge is 0.264 e. The van der Waals surface area contributed by atoms with Gasteiger partial charge in [-0.3, -0.25) is 24.5 Å². The Labute approximate surface area is 150 Å². The third kappa shape index (κ3) is 4.00. The van der Waals surface area contributed by atoms with Gasteiger partial charge in [0.05, 0.1) is 24.1 Å². The number of rotatable bonds is 5. The first-order chi connectivity index (χ1) is 12.5. The normalized spacial score (nSPS) is 10.5. The third-order valence-electron chi connectivity index (χ3n) is 3.97. The zero-order chi connectivity index (χ0) is 18.5. The maximum atomic E-state index is 12.8. The molecule has 0 aliphatic carbocycles. The summed E-state index contributed by atoms with van der Waals surface area (Å²) < 4.78 is 1.47. The van der Waals surface area contributed by atoms with Crippen LogP contribution >= 0.6 is 0 Å². The number of pyridine rings is 2. The number of aryl methyl sites for hydroxylation is 2. The van der Waals surface area contributed by atoms with E-state index >= 15 is 0 Å². The van der Waals surface area contributed by atoms with Gasteiger partial charge < -0.3 is 9.88 Å². The molecule has 0 fully saturated rings. The van der Waals surface area contributed by atoms with Crippen LogP contribution in [0.1, 0.15) is 32.9 Å². The molecule has 0 bridgehead atoms. The van der Waals surface area contributed by atoms with E-state index in [-0.39, 0.29) is 17.7 Å². The van der Waals surface area contributed by atoms with Crippen LogP contribution in [-0.4, -0.2) is 25.4 Å². The number of carbonyl (C=O) groups is 1. The predicted octanol–water partition coefficient (Wildman–Crippen LogP) is 1.63. The predicted molar refractivity (Wildman–Crippen MR) is 96.7 cm³/mol. The van der Waals surface area contributed by atoms with Crippen molar-refractivity contribution in [2.45, 2.75) is 26.9 Å². The average molecular weight is 349 g/mol. The Hall–Kier alpha value is -3.35. The van der Waals surface area contributed by atoms with E-state index in [2.05, 4.69) is 20.3 Å². The molecule has 0 saturated carbocycles. The molecule has 0 radical (unpaired) electrons. The van der Waals surface area contributed by atoms with Crippen LogP contribution in [-0.2, 0) is 13.1 Å². The maximum Gasteiger partial charge on any atom is 0.264 e. The summed E-state index contributed by atoms with van der Waals surface area (Å²) in [5, 5.41) is 2.79. The fourth-order valence-corrected chi connectivity index (χ4v) is 2.51. The maximum absolute atomic E-state index is 12.8. The summed E-state index contributed by atoms with van der Waals surface area (Å²) in [6, 6.07) is 5.38. The summed E-state index contributed by atoms with van der Waals surface area (Å²) in [5.41, 5.74) is 2.80. The van der Waals surface area contributed by atoms with Crippen molar-refractivity contribution in [1.29, 1.82) is 0 Å². The standard InChI is InChI=1S/C19H19N5O2/c1-13-5-8-24(12-16-11-21-14(2)9-22-16)19(26)17(13)18(25)23-10-15-3-6-20-7-4-15/h3-9,11H,10,12H2,1-2H3,(H,23,25). The van der Waals surface area contributed by atoms with E-state index in [9.17, 15) is 9.59 Å². The van der Waals surface area contributed by atoms with E-state index in [0.29, 0.717) is 17.8 Å². The first kappa shape index (κ1) is 17.5. The highest BCUT2D eigenvalue weighted by molar-refractivity contribution is 5.95. The summed E-state index contributed by atoms with van der Waals surface area (Å²) in [5.74, 6) is -0.395. The zero-order valence-corrected chi connectivity index (χ0v) is 14.6. The van der Waals surface area contributed by atoms with Crippen LogP contribution in [0.3, 0.4) is 0 Å². The van der Waals surface area contributed by atoms with Gasteiger partial charge in [0.2, 0.25) is 0 Å². The molecule has 1 N–H and O–H groups in total. The van der Waals surface area contributed by atoms with Gasteiger partial charge in [-0.1, -0.05) is 0 Å². The van der Waals surface area contributed by atoms with Gasteiger partial charge in [0, 0.05) is 31.3 Å². The van der Waals surface area contributed by atoms with Crippen molar-refractivity contribution >= 4 is 5.91 Å². The number of hydrogen-bond acceptors (Lipinski definition) is 5. The molecule has 1 amide bonds. The Morgan fingerprint density at radius 3 is 2.58 bits per heavy atom. The summed E-state index contributed by atoms with van der Waals surface area (Å²) in [6.07, 6.45) is 8.26. The van der Waals surface area contributed by atoms with Crippen LogP contribution in [0.4, 0.5) is 0 Å². The fourth-order valence-electron chi connectivity index (χ4n) is 2.51. The van der Waals surface area contributed by atoms with Gasteiger partial charge in [0.25, 0.3) is 11.5 Å². The topological polar surface area (TPSA) is 89.8 Å². The van der Waals surface area contributed by atoms with E-state index < -0.39 is 5.91 Å². The van der Waals surface area contributed by atoms with E-state index in [0.717, 1.165) is 11.3 Å². The Bertz CT molecular complexity index is 965. The van der Waals surface area contributed by atoms with Crippen LogP contribution in [0.25, 0.3) is 0 Å². The number of aromatic nitrogens is 4. The SMILES string of the molecule is Cc1cnc(Cn2ccc(C)c(C(=O)NCc3ccncc3)c2=O)cn1. The molecule has 3 aromatic heterocycles. The molecular weight excluding hydrogens is 330 g/mol. The zero-order valence-electron chi connectivity index (χ0n) is 14.6. The van der Waals surface area contributed by atoms with Crippen LogP contribution in [0, 0.1) is 13.8 Å². The average Bonchev–Trinajstić information content (AvgIpc) is 2.65. The van der Waals surface area contributed by atoms with Crippen LogP contribution in [0.2, 0.25) is 0 Å². The Kier molecular flexibility index (Phi) is 5.17. The van der Waals surface area contributed by atoms with Gasteiger partial charge in [-0.05, 0) is 43.2 Å². The van der Waals surface area contributed by atoms with Gasteiger partial charge in [0.15, 0.2) is 0 Å². The molecule has 3 rings (SSSR count). The largest absolute Gasteiger partial charge is 0.348 e. The lowest BCUT2D eigenvalue weighted by Crippen LogP contribution is -2.34. The molecule has 0 unspecified atom stereocenters.